The van der Waals surface area contributed by atoms with E-state index in [-0.39, 0.29) is 11.4 Å². The van der Waals surface area contributed by atoms with Crippen LogP contribution in [0.1, 0.15) is 61.3 Å². The third-order valence-electron chi connectivity index (χ3n) is 4.44. The maximum Gasteiger partial charge on any atom is 0.253 e. The van der Waals surface area contributed by atoms with Crippen molar-refractivity contribution in [3.05, 3.63) is 23.0 Å². The van der Waals surface area contributed by atoms with Gasteiger partial charge in [0.25, 0.3) is 5.91 Å². The summed E-state index contributed by atoms with van der Waals surface area (Å²) < 4.78 is 0. The van der Waals surface area contributed by atoms with Gasteiger partial charge in [-0.15, -0.1) is 0 Å². The van der Waals surface area contributed by atoms with Gasteiger partial charge in [0.15, 0.2) is 0 Å². The molecule has 0 saturated heterocycles. The summed E-state index contributed by atoms with van der Waals surface area (Å²) in [6.45, 7) is 6.15. The van der Waals surface area contributed by atoms with Gasteiger partial charge in [-0.1, -0.05) is 29.8 Å². The largest absolute Gasteiger partial charge is 0.346 e. The molecule has 1 saturated carbocycles. The maximum absolute atomic E-state index is 12.7. The first-order valence-electron chi connectivity index (χ1n) is 7.71. The highest BCUT2D eigenvalue weighted by atomic mass is 79.9. The first-order valence-corrected chi connectivity index (χ1v) is 8.83. The van der Waals surface area contributed by atoms with Crippen LogP contribution in [0.25, 0.3) is 0 Å². The Hall–Kier alpha value is -0.970. The lowest BCUT2D eigenvalue weighted by Crippen LogP contribution is -2.52. The molecule has 1 fully saturated rings. The SMILES string of the molecule is CCc1nnc(C)cc1C(=O)NC1(CBr)CCC(C)CC1. The molecule has 5 heteroatoms. The number of carbonyl (C=O) groups is 1. The molecule has 1 aliphatic carbocycles. The molecular formula is C16H24BrN3O. The lowest BCUT2D eigenvalue weighted by Gasteiger charge is -2.39. The van der Waals surface area contributed by atoms with Crippen LogP contribution in [0.2, 0.25) is 0 Å². The zero-order chi connectivity index (χ0) is 15.5. The lowest BCUT2D eigenvalue weighted by atomic mass is 9.78. The van der Waals surface area contributed by atoms with Crippen molar-refractivity contribution >= 4 is 21.8 Å². The van der Waals surface area contributed by atoms with E-state index in [9.17, 15) is 4.79 Å². The van der Waals surface area contributed by atoms with Gasteiger partial charge in [0.05, 0.1) is 22.5 Å². The molecule has 0 aromatic carbocycles. The van der Waals surface area contributed by atoms with Gasteiger partial charge >= 0.3 is 0 Å². The summed E-state index contributed by atoms with van der Waals surface area (Å²) in [6.07, 6.45) is 5.11. The topological polar surface area (TPSA) is 54.9 Å². The standard InChI is InChI=1S/C16H24BrN3O/c1-4-14-13(9-12(3)19-20-14)15(21)18-16(10-17)7-5-11(2)6-8-16/h9,11H,4-8,10H2,1-3H3,(H,18,21). The first-order chi connectivity index (χ1) is 9.99. The number of alkyl halides is 1. The third-order valence-corrected chi connectivity index (χ3v) is 5.51. The van der Waals surface area contributed by atoms with Crippen LogP contribution in [0.4, 0.5) is 0 Å². The fourth-order valence-electron chi connectivity index (χ4n) is 2.89. The summed E-state index contributed by atoms with van der Waals surface area (Å²) in [5.74, 6) is 0.740. The summed E-state index contributed by atoms with van der Waals surface area (Å²) >= 11 is 3.60. The summed E-state index contributed by atoms with van der Waals surface area (Å²) in [5, 5.41) is 12.3. The van der Waals surface area contributed by atoms with E-state index >= 15 is 0 Å². The van der Waals surface area contributed by atoms with Crippen LogP contribution in [0, 0.1) is 12.8 Å². The second-order valence-corrected chi connectivity index (χ2v) is 6.81. The summed E-state index contributed by atoms with van der Waals surface area (Å²) in [5.41, 5.74) is 2.10. The van der Waals surface area contributed by atoms with Gasteiger partial charge in [0.2, 0.25) is 0 Å². The van der Waals surface area contributed by atoms with Crippen molar-refractivity contribution in [2.75, 3.05) is 5.33 Å². The maximum atomic E-state index is 12.7. The zero-order valence-corrected chi connectivity index (χ0v) is 14.7. The minimum atomic E-state index is -0.119. The zero-order valence-electron chi connectivity index (χ0n) is 13.1. The van der Waals surface area contributed by atoms with Gasteiger partial charge in [0.1, 0.15) is 0 Å². The van der Waals surface area contributed by atoms with E-state index in [1.54, 1.807) is 0 Å². The van der Waals surface area contributed by atoms with Gasteiger partial charge in [-0.2, -0.15) is 10.2 Å². The molecule has 116 valence electrons. The number of nitrogens with one attached hydrogen (secondary N) is 1. The molecule has 0 spiro atoms. The number of aromatic nitrogens is 2. The molecule has 0 bridgehead atoms. The Morgan fingerprint density at radius 3 is 2.67 bits per heavy atom. The quantitative estimate of drug-likeness (QED) is 0.843. The smallest absolute Gasteiger partial charge is 0.253 e. The predicted molar refractivity (Wildman–Crippen MR) is 87.8 cm³/mol. The molecule has 1 amide bonds. The number of aryl methyl sites for hydroxylation is 2. The van der Waals surface area contributed by atoms with Crippen molar-refractivity contribution in [3.63, 3.8) is 0 Å². The van der Waals surface area contributed by atoms with Crippen LogP contribution in [0.15, 0.2) is 6.07 Å². The number of halogens is 1. The molecule has 1 N–H and O–H groups in total. The monoisotopic (exact) mass is 353 g/mol. The van der Waals surface area contributed by atoms with E-state index in [2.05, 4.69) is 38.4 Å². The number of amides is 1. The lowest BCUT2D eigenvalue weighted by molar-refractivity contribution is 0.0872. The van der Waals surface area contributed by atoms with Crippen molar-refractivity contribution < 1.29 is 4.79 Å². The van der Waals surface area contributed by atoms with Crippen molar-refractivity contribution in [1.82, 2.24) is 15.5 Å². The highest BCUT2D eigenvalue weighted by Gasteiger charge is 2.35. The van der Waals surface area contributed by atoms with Gasteiger partial charge in [0, 0.05) is 5.33 Å². The van der Waals surface area contributed by atoms with Gasteiger partial charge in [-0.3, -0.25) is 4.79 Å². The van der Waals surface area contributed by atoms with Crippen molar-refractivity contribution in [2.24, 2.45) is 5.92 Å². The molecule has 0 aliphatic heterocycles. The second-order valence-electron chi connectivity index (χ2n) is 6.25. The minimum absolute atomic E-state index is 0.0150. The van der Waals surface area contributed by atoms with E-state index < -0.39 is 0 Å². The number of carbonyl (C=O) groups excluding carboxylic acids is 1. The van der Waals surface area contributed by atoms with Gasteiger partial charge in [-0.25, -0.2) is 0 Å². The van der Waals surface area contributed by atoms with E-state index in [1.165, 1.54) is 12.8 Å². The average molecular weight is 354 g/mol. The Balaban J connectivity index is 2.18. The molecule has 0 atom stereocenters. The predicted octanol–water partition coefficient (Wildman–Crippen LogP) is 3.42. The summed E-state index contributed by atoms with van der Waals surface area (Å²) in [6, 6.07) is 1.84. The summed E-state index contributed by atoms with van der Waals surface area (Å²) in [7, 11) is 0. The fourth-order valence-corrected chi connectivity index (χ4v) is 3.59. The van der Waals surface area contributed by atoms with Crippen LogP contribution in [-0.4, -0.2) is 27.0 Å². The van der Waals surface area contributed by atoms with E-state index in [4.69, 9.17) is 0 Å². The Morgan fingerprint density at radius 2 is 2.10 bits per heavy atom. The van der Waals surface area contributed by atoms with Crippen LogP contribution in [0.5, 0.6) is 0 Å². The van der Waals surface area contributed by atoms with Crippen LogP contribution in [0.3, 0.4) is 0 Å². The molecule has 1 aromatic heterocycles. The summed E-state index contributed by atoms with van der Waals surface area (Å²) in [4.78, 5) is 12.7. The molecule has 21 heavy (non-hydrogen) atoms. The Bertz CT molecular complexity index is 510. The van der Waals surface area contributed by atoms with Crippen molar-refractivity contribution in [3.8, 4) is 0 Å². The third kappa shape index (κ3) is 3.82. The normalized spacial score (nSPS) is 25.6. The van der Waals surface area contributed by atoms with E-state index in [0.29, 0.717) is 12.0 Å². The Kier molecular flexibility index (Phi) is 5.36. The molecule has 0 unspecified atom stereocenters. The van der Waals surface area contributed by atoms with Crippen LogP contribution in [-0.2, 0) is 6.42 Å². The van der Waals surface area contributed by atoms with Crippen molar-refractivity contribution in [2.45, 2.75) is 58.4 Å². The number of hydrogen-bond donors (Lipinski definition) is 1. The molecule has 0 radical (unpaired) electrons. The fraction of sp³-hybridized carbons (Fsp3) is 0.688. The van der Waals surface area contributed by atoms with Crippen molar-refractivity contribution in [1.29, 1.82) is 0 Å². The molecule has 1 heterocycles. The molecule has 2 rings (SSSR count). The van der Waals surface area contributed by atoms with E-state index in [1.807, 2.05) is 19.9 Å². The van der Waals surface area contributed by atoms with E-state index in [0.717, 1.165) is 35.5 Å². The van der Waals surface area contributed by atoms with Gasteiger partial charge < -0.3 is 5.32 Å². The molecule has 4 nitrogen and oxygen atoms in total. The molecule has 1 aromatic rings. The first kappa shape index (κ1) is 16.4. The highest BCUT2D eigenvalue weighted by Crippen LogP contribution is 2.33. The highest BCUT2D eigenvalue weighted by molar-refractivity contribution is 9.09. The number of rotatable bonds is 4. The number of nitrogens with zero attached hydrogens (tertiary/aromatic N) is 2. The second kappa shape index (κ2) is 6.86. The molecular weight excluding hydrogens is 330 g/mol. The van der Waals surface area contributed by atoms with Crippen LogP contribution < -0.4 is 5.32 Å². The average Bonchev–Trinajstić information content (AvgIpc) is 2.49. The number of hydrogen-bond acceptors (Lipinski definition) is 3. The molecule has 1 aliphatic rings. The minimum Gasteiger partial charge on any atom is -0.346 e. The Labute approximate surface area is 135 Å². The van der Waals surface area contributed by atoms with Gasteiger partial charge in [-0.05, 0) is 51.0 Å². The Morgan fingerprint density at radius 1 is 1.43 bits per heavy atom. The van der Waals surface area contributed by atoms with Crippen LogP contribution >= 0.6 is 15.9 Å².